The average Bonchev–Trinajstić information content (AvgIpc) is 2.80. The van der Waals surface area contributed by atoms with Crippen molar-refractivity contribution in [2.45, 2.75) is 25.7 Å². The van der Waals surface area contributed by atoms with Crippen LogP contribution < -0.4 is 5.32 Å². The largest absolute Gasteiger partial charge is 0.373 e. The number of aryl methyl sites for hydroxylation is 1. The SMILES string of the molecule is CNc1cc([C@@H]2CCCN(C(=O)c3ccc(C)c(F)c3)C2)nc(-c2cccnc2)n1. The molecule has 7 heteroatoms. The fourth-order valence-corrected chi connectivity index (χ4v) is 3.74. The number of likely N-dealkylation sites (tertiary alicyclic amines) is 1. The Labute approximate surface area is 175 Å². The minimum Gasteiger partial charge on any atom is -0.373 e. The van der Waals surface area contributed by atoms with Crippen molar-refractivity contribution < 1.29 is 9.18 Å². The van der Waals surface area contributed by atoms with E-state index in [-0.39, 0.29) is 17.6 Å². The summed E-state index contributed by atoms with van der Waals surface area (Å²) in [4.78, 5) is 28.2. The fraction of sp³-hybridized carbons (Fsp3) is 0.304. The molecule has 30 heavy (non-hydrogen) atoms. The van der Waals surface area contributed by atoms with Gasteiger partial charge >= 0.3 is 0 Å². The summed E-state index contributed by atoms with van der Waals surface area (Å²) >= 11 is 0. The predicted molar refractivity (Wildman–Crippen MR) is 114 cm³/mol. The molecule has 1 N–H and O–H groups in total. The van der Waals surface area contributed by atoms with Gasteiger partial charge in [0.1, 0.15) is 11.6 Å². The Balaban J connectivity index is 1.60. The molecule has 0 unspecified atom stereocenters. The molecule has 0 bridgehead atoms. The summed E-state index contributed by atoms with van der Waals surface area (Å²) in [5, 5.41) is 3.09. The number of amides is 1. The Bertz CT molecular complexity index is 1060. The molecule has 1 amide bonds. The Kier molecular flexibility index (Phi) is 5.70. The maximum Gasteiger partial charge on any atom is 0.253 e. The third-order valence-corrected chi connectivity index (χ3v) is 5.47. The topological polar surface area (TPSA) is 71.0 Å². The van der Waals surface area contributed by atoms with Gasteiger partial charge in [-0.15, -0.1) is 0 Å². The van der Waals surface area contributed by atoms with Crippen LogP contribution in [0.3, 0.4) is 0 Å². The number of carbonyl (C=O) groups is 1. The van der Waals surface area contributed by atoms with Crippen molar-refractivity contribution in [1.82, 2.24) is 19.9 Å². The van der Waals surface area contributed by atoms with Crippen molar-refractivity contribution in [3.05, 3.63) is 71.4 Å². The summed E-state index contributed by atoms with van der Waals surface area (Å²) in [6, 6.07) is 10.4. The number of hydrogen-bond acceptors (Lipinski definition) is 5. The van der Waals surface area contributed by atoms with Crippen LogP contribution in [0, 0.1) is 12.7 Å². The molecule has 0 spiro atoms. The standard InChI is InChI=1S/C23H24FN5O/c1-15-7-8-16(11-19(15)24)23(30)29-10-4-6-18(14-29)20-12-21(25-2)28-22(27-20)17-5-3-9-26-13-17/h3,5,7-9,11-13,18H,4,6,10,14H2,1-2H3,(H,25,27,28)/t18-/m1/s1. The zero-order valence-corrected chi connectivity index (χ0v) is 17.1. The molecule has 1 atom stereocenters. The third-order valence-electron chi connectivity index (χ3n) is 5.47. The Hall–Kier alpha value is -3.35. The van der Waals surface area contributed by atoms with E-state index in [1.54, 1.807) is 36.4 Å². The Morgan fingerprint density at radius 2 is 2.10 bits per heavy atom. The van der Waals surface area contributed by atoms with E-state index in [9.17, 15) is 9.18 Å². The van der Waals surface area contributed by atoms with Crippen LogP contribution in [0.25, 0.3) is 11.4 Å². The highest BCUT2D eigenvalue weighted by atomic mass is 19.1. The second kappa shape index (κ2) is 8.57. The van der Waals surface area contributed by atoms with Gasteiger partial charge in [-0.3, -0.25) is 9.78 Å². The number of hydrogen-bond donors (Lipinski definition) is 1. The molecule has 1 fully saturated rings. The first kappa shape index (κ1) is 19.9. The number of anilines is 1. The van der Waals surface area contributed by atoms with Crippen molar-refractivity contribution >= 4 is 11.7 Å². The lowest BCUT2D eigenvalue weighted by Gasteiger charge is -2.33. The molecule has 1 saturated heterocycles. The van der Waals surface area contributed by atoms with E-state index in [1.165, 1.54) is 6.07 Å². The molecular formula is C23H24FN5O. The molecule has 3 aromatic rings. The van der Waals surface area contributed by atoms with Gasteiger partial charge in [0.25, 0.3) is 5.91 Å². The van der Waals surface area contributed by atoms with E-state index in [0.29, 0.717) is 30.0 Å². The first-order valence-electron chi connectivity index (χ1n) is 10.1. The Morgan fingerprint density at radius 1 is 1.23 bits per heavy atom. The quantitative estimate of drug-likeness (QED) is 0.709. The van der Waals surface area contributed by atoms with Gasteiger partial charge in [-0.25, -0.2) is 14.4 Å². The lowest BCUT2D eigenvalue weighted by molar-refractivity contribution is 0.0705. The van der Waals surface area contributed by atoms with Crippen molar-refractivity contribution in [3.8, 4) is 11.4 Å². The smallest absolute Gasteiger partial charge is 0.253 e. The highest BCUT2D eigenvalue weighted by Gasteiger charge is 2.27. The normalized spacial score (nSPS) is 16.4. The number of benzene rings is 1. The first-order chi connectivity index (χ1) is 14.5. The summed E-state index contributed by atoms with van der Waals surface area (Å²) in [6.07, 6.45) is 5.25. The van der Waals surface area contributed by atoms with Crippen LogP contribution in [0.15, 0.2) is 48.8 Å². The zero-order valence-electron chi connectivity index (χ0n) is 17.1. The van der Waals surface area contributed by atoms with Crippen LogP contribution in [0.2, 0.25) is 0 Å². The number of carbonyl (C=O) groups excluding carboxylic acids is 1. The molecule has 1 aliphatic rings. The van der Waals surface area contributed by atoms with Gasteiger partial charge in [0.15, 0.2) is 5.82 Å². The molecule has 1 aromatic carbocycles. The van der Waals surface area contributed by atoms with Gasteiger partial charge in [-0.2, -0.15) is 0 Å². The molecule has 0 saturated carbocycles. The van der Waals surface area contributed by atoms with Crippen LogP contribution in [-0.2, 0) is 0 Å². The minimum atomic E-state index is -0.356. The average molecular weight is 405 g/mol. The summed E-state index contributed by atoms with van der Waals surface area (Å²) in [7, 11) is 1.82. The predicted octanol–water partition coefficient (Wildman–Crippen LogP) is 4.05. The maximum absolute atomic E-state index is 13.9. The van der Waals surface area contributed by atoms with Crippen LogP contribution in [0.5, 0.6) is 0 Å². The molecule has 1 aliphatic heterocycles. The van der Waals surface area contributed by atoms with E-state index in [0.717, 1.165) is 29.9 Å². The molecule has 154 valence electrons. The molecule has 0 aliphatic carbocycles. The zero-order chi connectivity index (χ0) is 21.1. The second-order valence-electron chi connectivity index (χ2n) is 7.55. The summed E-state index contributed by atoms with van der Waals surface area (Å²) in [6.45, 7) is 2.89. The third kappa shape index (κ3) is 4.15. The van der Waals surface area contributed by atoms with E-state index in [4.69, 9.17) is 4.98 Å². The molecule has 4 rings (SSSR count). The van der Waals surface area contributed by atoms with Crippen molar-refractivity contribution in [3.63, 3.8) is 0 Å². The highest BCUT2D eigenvalue weighted by Crippen LogP contribution is 2.29. The number of piperidine rings is 1. The van der Waals surface area contributed by atoms with Gasteiger partial charge in [-0.05, 0) is 49.6 Å². The van der Waals surface area contributed by atoms with Gasteiger partial charge in [0.2, 0.25) is 0 Å². The number of nitrogens with one attached hydrogen (secondary N) is 1. The van der Waals surface area contributed by atoms with Crippen LogP contribution >= 0.6 is 0 Å². The molecule has 0 radical (unpaired) electrons. The van der Waals surface area contributed by atoms with Gasteiger partial charge < -0.3 is 10.2 Å². The molecule has 3 heterocycles. The number of halogens is 1. The van der Waals surface area contributed by atoms with E-state index >= 15 is 0 Å². The van der Waals surface area contributed by atoms with Crippen LogP contribution in [-0.4, -0.2) is 45.9 Å². The summed E-state index contributed by atoms with van der Waals surface area (Å²) in [5.41, 5.74) is 2.65. The van der Waals surface area contributed by atoms with Crippen LogP contribution in [0.4, 0.5) is 10.2 Å². The number of pyridine rings is 1. The lowest BCUT2D eigenvalue weighted by Crippen LogP contribution is -2.39. The van der Waals surface area contributed by atoms with Crippen molar-refractivity contribution in [2.24, 2.45) is 0 Å². The van der Waals surface area contributed by atoms with E-state index < -0.39 is 0 Å². The Morgan fingerprint density at radius 3 is 2.83 bits per heavy atom. The van der Waals surface area contributed by atoms with E-state index in [1.807, 2.05) is 25.2 Å². The lowest BCUT2D eigenvalue weighted by atomic mass is 9.93. The minimum absolute atomic E-state index is 0.0866. The number of nitrogens with zero attached hydrogens (tertiary/aromatic N) is 4. The van der Waals surface area contributed by atoms with Gasteiger partial charge in [0.05, 0.1) is 5.69 Å². The molecule has 6 nitrogen and oxygen atoms in total. The maximum atomic E-state index is 13.9. The molecular weight excluding hydrogens is 381 g/mol. The van der Waals surface area contributed by atoms with E-state index in [2.05, 4.69) is 15.3 Å². The van der Waals surface area contributed by atoms with Gasteiger partial charge in [0, 0.05) is 55.6 Å². The second-order valence-corrected chi connectivity index (χ2v) is 7.55. The van der Waals surface area contributed by atoms with Crippen molar-refractivity contribution in [1.29, 1.82) is 0 Å². The molecule has 2 aromatic heterocycles. The summed E-state index contributed by atoms with van der Waals surface area (Å²) in [5.74, 6) is 0.916. The summed E-state index contributed by atoms with van der Waals surface area (Å²) < 4.78 is 13.9. The number of rotatable bonds is 4. The first-order valence-corrected chi connectivity index (χ1v) is 10.1. The van der Waals surface area contributed by atoms with Crippen molar-refractivity contribution in [2.75, 3.05) is 25.5 Å². The monoisotopic (exact) mass is 405 g/mol. The van der Waals surface area contributed by atoms with Crippen LogP contribution in [0.1, 0.15) is 40.4 Å². The number of aromatic nitrogens is 3. The highest BCUT2D eigenvalue weighted by molar-refractivity contribution is 5.94. The fourth-order valence-electron chi connectivity index (χ4n) is 3.74. The van der Waals surface area contributed by atoms with Gasteiger partial charge in [-0.1, -0.05) is 6.07 Å².